The summed E-state index contributed by atoms with van der Waals surface area (Å²) < 4.78 is 8.98. The monoisotopic (exact) mass is 358 g/mol. The molecule has 1 aliphatic rings. The van der Waals surface area contributed by atoms with Gasteiger partial charge in [0.05, 0.1) is 19.3 Å². The van der Waals surface area contributed by atoms with E-state index in [4.69, 9.17) is 16.3 Å². The Morgan fingerprint density at radius 1 is 1.16 bits per heavy atom. The second-order valence-electron chi connectivity index (χ2n) is 6.15. The van der Waals surface area contributed by atoms with Gasteiger partial charge >= 0.3 is 5.69 Å². The van der Waals surface area contributed by atoms with E-state index in [0.717, 1.165) is 30.2 Å². The van der Waals surface area contributed by atoms with Crippen LogP contribution < -0.4 is 5.69 Å². The largest absolute Gasteiger partial charge is 0.371 e. The molecule has 0 saturated carbocycles. The van der Waals surface area contributed by atoms with Gasteiger partial charge in [-0.25, -0.2) is 9.48 Å². The van der Waals surface area contributed by atoms with E-state index >= 15 is 0 Å². The van der Waals surface area contributed by atoms with Gasteiger partial charge in [-0.15, -0.1) is 5.10 Å². The van der Waals surface area contributed by atoms with Crippen LogP contribution >= 0.6 is 11.6 Å². The Labute approximate surface area is 150 Å². The number of rotatable bonds is 4. The Bertz CT molecular complexity index is 919. The summed E-state index contributed by atoms with van der Waals surface area (Å²) >= 11 is 5.95. The molecule has 1 aromatic carbocycles. The van der Waals surface area contributed by atoms with Gasteiger partial charge in [0, 0.05) is 30.9 Å². The van der Waals surface area contributed by atoms with Crippen LogP contribution in [0.3, 0.4) is 0 Å². The molecule has 0 spiro atoms. The highest BCUT2D eigenvalue weighted by Crippen LogP contribution is 2.23. The first-order valence-corrected chi connectivity index (χ1v) is 8.72. The molecule has 3 heterocycles. The number of hydrogen-bond acceptors (Lipinski definition) is 4. The van der Waals surface area contributed by atoms with Crippen molar-refractivity contribution < 1.29 is 4.74 Å². The lowest BCUT2D eigenvalue weighted by atomic mass is 10.1. The van der Waals surface area contributed by atoms with Crippen molar-refractivity contribution in [3.05, 3.63) is 69.7 Å². The Kier molecular flexibility index (Phi) is 4.57. The summed E-state index contributed by atoms with van der Waals surface area (Å²) in [4.78, 5) is 14.6. The van der Waals surface area contributed by atoms with Crippen LogP contribution in [-0.4, -0.2) is 45.3 Å². The predicted molar refractivity (Wildman–Crippen MR) is 96.0 cm³/mol. The van der Waals surface area contributed by atoms with Crippen LogP contribution in [0, 0.1) is 0 Å². The minimum atomic E-state index is -0.0990. The Hall–Kier alpha value is -2.15. The Morgan fingerprint density at radius 2 is 2.00 bits per heavy atom. The van der Waals surface area contributed by atoms with Gasteiger partial charge in [0.1, 0.15) is 0 Å². The molecule has 0 radical (unpaired) electrons. The van der Waals surface area contributed by atoms with Gasteiger partial charge in [0.25, 0.3) is 0 Å². The first-order valence-electron chi connectivity index (χ1n) is 8.34. The van der Waals surface area contributed by atoms with Crippen molar-refractivity contribution in [1.82, 2.24) is 19.1 Å². The van der Waals surface area contributed by atoms with E-state index < -0.39 is 0 Å². The molecule has 1 saturated heterocycles. The van der Waals surface area contributed by atoms with Gasteiger partial charge in [0.2, 0.25) is 0 Å². The maximum absolute atomic E-state index is 12.3. The minimum absolute atomic E-state index is 0.0313. The molecular weight excluding hydrogens is 340 g/mol. The zero-order valence-corrected chi connectivity index (χ0v) is 14.5. The van der Waals surface area contributed by atoms with Gasteiger partial charge in [-0.1, -0.05) is 29.8 Å². The van der Waals surface area contributed by atoms with Crippen molar-refractivity contribution in [1.29, 1.82) is 0 Å². The molecule has 0 N–H and O–H groups in total. The zero-order valence-electron chi connectivity index (χ0n) is 13.7. The average Bonchev–Trinajstić information content (AvgIpc) is 2.97. The molecule has 1 aliphatic heterocycles. The summed E-state index contributed by atoms with van der Waals surface area (Å²) in [5, 5.41) is 5.10. The van der Waals surface area contributed by atoms with Gasteiger partial charge in [0.15, 0.2) is 5.65 Å². The number of ether oxygens (including phenoxy) is 1. The summed E-state index contributed by atoms with van der Waals surface area (Å²) in [6, 6.07) is 13.3. The summed E-state index contributed by atoms with van der Waals surface area (Å²) in [5.74, 6) is 0. The SMILES string of the molecule is O=c1n(CCN2CCOC(c3ccc(Cl)cc3)C2)nc2ccccn12. The molecule has 2 aromatic heterocycles. The van der Waals surface area contributed by atoms with E-state index in [1.807, 2.05) is 42.5 Å². The standard InChI is InChI=1S/C18H19ClN4O2/c19-15-6-4-14(5-7-15)16-13-21(11-12-25-16)9-10-23-18(24)22-8-2-1-3-17(22)20-23/h1-8,16H,9-13H2. The molecule has 3 aromatic rings. The lowest BCUT2D eigenvalue weighted by Crippen LogP contribution is -2.41. The van der Waals surface area contributed by atoms with Crippen molar-refractivity contribution in [2.45, 2.75) is 12.6 Å². The average molecular weight is 359 g/mol. The molecule has 25 heavy (non-hydrogen) atoms. The van der Waals surface area contributed by atoms with Crippen LogP contribution in [0.4, 0.5) is 0 Å². The van der Waals surface area contributed by atoms with Crippen LogP contribution in [0.5, 0.6) is 0 Å². The highest BCUT2D eigenvalue weighted by atomic mass is 35.5. The fourth-order valence-corrected chi connectivity index (χ4v) is 3.26. The maximum Gasteiger partial charge on any atom is 0.350 e. The third-order valence-corrected chi connectivity index (χ3v) is 4.76. The normalized spacial score (nSPS) is 18.7. The van der Waals surface area contributed by atoms with E-state index in [2.05, 4.69) is 10.00 Å². The summed E-state index contributed by atoms with van der Waals surface area (Å²) in [5.41, 5.74) is 1.70. The molecule has 130 valence electrons. The topological polar surface area (TPSA) is 51.8 Å². The van der Waals surface area contributed by atoms with E-state index in [1.54, 1.807) is 10.6 Å². The van der Waals surface area contributed by atoms with Gasteiger partial charge in [-0.05, 0) is 29.8 Å². The minimum Gasteiger partial charge on any atom is -0.371 e. The van der Waals surface area contributed by atoms with Gasteiger partial charge in [-0.2, -0.15) is 0 Å². The summed E-state index contributed by atoms with van der Waals surface area (Å²) in [6.07, 6.45) is 1.77. The van der Waals surface area contributed by atoms with Crippen molar-refractivity contribution >= 4 is 17.2 Å². The number of fused-ring (bicyclic) bond motifs is 1. The van der Waals surface area contributed by atoms with Crippen LogP contribution in [0.1, 0.15) is 11.7 Å². The Balaban J connectivity index is 1.43. The third kappa shape index (κ3) is 3.46. The molecule has 4 rings (SSSR count). The molecule has 6 nitrogen and oxygen atoms in total. The number of aromatic nitrogens is 3. The van der Waals surface area contributed by atoms with E-state index in [9.17, 15) is 4.79 Å². The van der Waals surface area contributed by atoms with Crippen LogP contribution in [0.15, 0.2) is 53.5 Å². The first kappa shape index (κ1) is 16.3. The smallest absolute Gasteiger partial charge is 0.350 e. The van der Waals surface area contributed by atoms with Crippen LogP contribution in [0.25, 0.3) is 5.65 Å². The fourth-order valence-electron chi connectivity index (χ4n) is 3.13. The zero-order chi connectivity index (χ0) is 17.2. The number of morpholine rings is 1. The molecule has 1 atom stereocenters. The fraction of sp³-hybridized carbons (Fsp3) is 0.333. The maximum atomic E-state index is 12.3. The van der Waals surface area contributed by atoms with Crippen molar-refractivity contribution in [2.75, 3.05) is 26.2 Å². The lowest BCUT2D eigenvalue weighted by Gasteiger charge is -2.33. The third-order valence-electron chi connectivity index (χ3n) is 4.51. The highest BCUT2D eigenvalue weighted by molar-refractivity contribution is 6.30. The van der Waals surface area contributed by atoms with Crippen LogP contribution in [0.2, 0.25) is 5.02 Å². The number of halogens is 1. The number of benzene rings is 1. The van der Waals surface area contributed by atoms with E-state index in [-0.39, 0.29) is 11.8 Å². The second kappa shape index (κ2) is 7.00. The predicted octanol–water partition coefficient (Wildman–Crippen LogP) is 2.22. The Morgan fingerprint density at radius 3 is 2.80 bits per heavy atom. The van der Waals surface area contributed by atoms with Gasteiger partial charge < -0.3 is 4.74 Å². The molecule has 0 aliphatic carbocycles. The van der Waals surface area contributed by atoms with E-state index in [1.165, 1.54) is 4.68 Å². The molecular formula is C18H19ClN4O2. The molecule has 7 heteroatoms. The first-order chi connectivity index (χ1) is 12.2. The molecule has 0 amide bonds. The number of pyridine rings is 1. The van der Waals surface area contributed by atoms with Crippen LogP contribution in [-0.2, 0) is 11.3 Å². The molecule has 0 bridgehead atoms. The van der Waals surface area contributed by atoms with E-state index in [0.29, 0.717) is 18.8 Å². The van der Waals surface area contributed by atoms with Crippen molar-refractivity contribution in [3.8, 4) is 0 Å². The quantitative estimate of drug-likeness (QED) is 0.717. The number of hydrogen-bond donors (Lipinski definition) is 0. The van der Waals surface area contributed by atoms with Gasteiger partial charge in [-0.3, -0.25) is 9.30 Å². The molecule has 1 fully saturated rings. The van der Waals surface area contributed by atoms with Crippen molar-refractivity contribution in [2.24, 2.45) is 0 Å². The molecule has 1 unspecified atom stereocenters. The second-order valence-corrected chi connectivity index (χ2v) is 6.58. The van der Waals surface area contributed by atoms with Crippen molar-refractivity contribution in [3.63, 3.8) is 0 Å². The summed E-state index contributed by atoms with van der Waals surface area (Å²) in [6.45, 7) is 3.65. The highest BCUT2D eigenvalue weighted by Gasteiger charge is 2.22. The summed E-state index contributed by atoms with van der Waals surface area (Å²) in [7, 11) is 0. The lowest BCUT2D eigenvalue weighted by molar-refractivity contribution is -0.0311. The number of nitrogens with zero attached hydrogens (tertiary/aromatic N) is 4.